The van der Waals surface area contributed by atoms with Crippen molar-refractivity contribution in [2.75, 3.05) is 29.9 Å². The minimum Gasteiger partial charge on any atom is -0.326 e. The number of carbonyl (C=O) groups is 2. The SMILES string of the molecule is CCNCC(C)C(=O)Nc1ccc2c(c1)CCN2C(C)=O. The van der Waals surface area contributed by atoms with E-state index >= 15 is 0 Å². The second kappa shape index (κ2) is 6.72. The van der Waals surface area contributed by atoms with Crippen LogP contribution in [-0.4, -0.2) is 31.4 Å². The van der Waals surface area contributed by atoms with Crippen molar-refractivity contribution < 1.29 is 9.59 Å². The number of rotatable bonds is 5. The van der Waals surface area contributed by atoms with Gasteiger partial charge in [-0.1, -0.05) is 13.8 Å². The van der Waals surface area contributed by atoms with Crippen LogP contribution in [-0.2, 0) is 16.0 Å². The quantitative estimate of drug-likeness (QED) is 0.868. The second-order valence-electron chi connectivity index (χ2n) is 5.46. The summed E-state index contributed by atoms with van der Waals surface area (Å²) in [4.78, 5) is 25.4. The zero-order valence-corrected chi connectivity index (χ0v) is 12.9. The van der Waals surface area contributed by atoms with Gasteiger partial charge in [-0.15, -0.1) is 0 Å². The van der Waals surface area contributed by atoms with E-state index in [9.17, 15) is 9.59 Å². The highest BCUT2D eigenvalue weighted by Crippen LogP contribution is 2.30. The fourth-order valence-electron chi connectivity index (χ4n) is 2.53. The predicted molar refractivity (Wildman–Crippen MR) is 84.5 cm³/mol. The van der Waals surface area contributed by atoms with Crippen LogP contribution in [0.5, 0.6) is 0 Å². The largest absolute Gasteiger partial charge is 0.326 e. The Bertz CT molecular complexity index is 542. The van der Waals surface area contributed by atoms with Gasteiger partial charge in [-0.3, -0.25) is 9.59 Å². The van der Waals surface area contributed by atoms with Gasteiger partial charge < -0.3 is 15.5 Å². The first-order valence-electron chi connectivity index (χ1n) is 7.45. The van der Waals surface area contributed by atoms with Gasteiger partial charge in [-0.2, -0.15) is 0 Å². The van der Waals surface area contributed by atoms with Crippen LogP contribution in [0.25, 0.3) is 0 Å². The minimum absolute atomic E-state index is 0.0114. The van der Waals surface area contributed by atoms with E-state index in [0.717, 1.165) is 36.4 Å². The lowest BCUT2D eigenvalue weighted by Gasteiger charge is -2.16. The van der Waals surface area contributed by atoms with Crippen LogP contribution < -0.4 is 15.5 Å². The topological polar surface area (TPSA) is 61.4 Å². The van der Waals surface area contributed by atoms with Crippen LogP contribution in [0, 0.1) is 5.92 Å². The number of amides is 2. The fraction of sp³-hybridized carbons (Fsp3) is 0.500. The smallest absolute Gasteiger partial charge is 0.228 e. The van der Waals surface area contributed by atoms with Crippen LogP contribution in [0.1, 0.15) is 26.3 Å². The molecule has 1 atom stereocenters. The Morgan fingerprint density at radius 2 is 2.14 bits per heavy atom. The third kappa shape index (κ3) is 3.61. The Morgan fingerprint density at radius 3 is 2.81 bits per heavy atom. The lowest BCUT2D eigenvalue weighted by atomic mass is 10.1. The molecule has 21 heavy (non-hydrogen) atoms. The number of hydrogen-bond acceptors (Lipinski definition) is 3. The van der Waals surface area contributed by atoms with Crippen LogP contribution in [0.2, 0.25) is 0 Å². The standard InChI is InChI=1S/C16H23N3O2/c1-4-17-10-11(2)16(21)18-14-5-6-15-13(9-14)7-8-19(15)12(3)20/h5-6,9,11,17H,4,7-8,10H2,1-3H3,(H,18,21). The molecule has 5 nitrogen and oxygen atoms in total. The van der Waals surface area contributed by atoms with E-state index in [1.54, 1.807) is 11.8 Å². The van der Waals surface area contributed by atoms with Crippen molar-refractivity contribution in [2.24, 2.45) is 5.92 Å². The molecule has 1 aliphatic heterocycles. The van der Waals surface area contributed by atoms with E-state index in [1.165, 1.54) is 0 Å². The maximum absolute atomic E-state index is 12.1. The highest BCUT2D eigenvalue weighted by atomic mass is 16.2. The van der Waals surface area contributed by atoms with Crippen molar-refractivity contribution in [3.05, 3.63) is 23.8 Å². The van der Waals surface area contributed by atoms with Gasteiger partial charge in [0, 0.05) is 37.3 Å². The van der Waals surface area contributed by atoms with E-state index in [1.807, 2.05) is 32.0 Å². The van der Waals surface area contributed by atoms with Gasteiger partial charge in [0.05, 0.1) is 0 Å². The van der Waals surface area contributed by atoms with Gasteiger partial charge in [0.15, 0.2) is 0 Å². The average Bonchev–Trinajstić information content (AvgIpc) is 2.87. The Balaban J connectivity index is 2.03. The molecule has 2 N–H and O–H groups in total. The van der Waals surface area contributed by atoms with Crippen LogP contribution in [0.3, 0.4) is 0 Å². The van der Waals surface area contributed by atoms with Gasteiger partial charge in [0.1, 0.15) is 0 Å². The molecule has 2 amide bonds. The summed E-state index contributed by atoms with van der Waals surface area (Å²) >= 11 is 0. The molecule has 0 fully saturated rings. The summed E-state index contributed by atoms with van der Waals surface area (Å²) in [6, 6.07) is 5.74. The zero-order chi connectivity index (χ0) is 15.4. The molecule has 0 saturated heterocycles. The van der Waals surface area contributed by atoms with Crippen molar-refractivity contribution in [2.45, 2.75) is 27.2 Å². The molecule has 0 saturated carbocycles. The summed E-state index contributed by atoms with van der Waals surface area (Å²) in [7, 11) is 0. The Kier molecular flexibility index (Phi) is 4.96. The lowest BCUT2D eigenvalue weighted by Crippen LogP contribution is -2.30. The number of carbonyl (C=O) groups excluding carboxylic acids is 2. The molecular formula is C16H23N3O2. The van der Waals surface area contributed by atoms with E-state index in [4.69, 9.17) is 0 Å². The van der Waals surface area contributed by atoms with Gasteiger partial charge in [0.25, 0.3) is 0 Å². The highest BCUT2D eigenvalue weighted by Gasteiger charge is 2.22. The normalized spacial score (nSPS) is 14.7. The maximum atomic E-state index is 12.1. The van der Waals surface area contributed by atoms with Crippen molar-refractivity contribution >= 4 is 23.2 Å². The van der Waals surface area contributed by atoms with Gasteiger partial charge in [0.2, 0.25) is 11.8 Å². The number of fused-ring (bicyclic) bond motifs is 1. The summed E-state index contributed by atoms with van der Waals surface area (Å²) in [5.41, 5.74) is 2.87. The molecule has 1 unspecified atom stereocenters. The lowest BCUT2D eigenvalue weighted by molar-refractivity contribution is -0.119. The molecular weight excluding hydrogens is 266 g/mol. The summed E-state index contributed by atoms with van der Waals surface area (Å²) in [5, 5.41) is 6.11. The van der Waals surface area contributed by atoms with Gasteiger partial charge in [-0.25, -0.2) is 0 Å². The second-order valence-corrected chi connectivity index (χ2v) is 5.46. The molecule has 1 aromatic carbocycles. The van der Waals surface area contributed by atoms with Crippen molar-refractivity contribution in [1.29, 1.82) is 0 Å². The Morgan fingerprint density at radius 1 is 1.38 bits per heavy atom. The monoisotopic (exact) mass is 289 g/mol. The van der Waals surface area contributed by atoms with Crippen molar-refractivity contribution in [3.8, 4) is 0 Å². The fourth-order valence-corrected chi connectivity index (χ4v) is 2.53. The van der Waals surface area contributed by atoms with Gasteiger partial charge >= 0.3 is 0 Å². The Labute approximate surface area is 125 Å². The molecule has 114 valence electrons. The predicted octanol–water partition coefficient (Wildman–Crippen LogP) is 1.78. The minimum atomic E-state index is -0.0769. The Hall–Kier alpha value is -1.88. The number of nitrogens with one attached hydrogen (secondary N) is 2. The third-order valence-electron chi connectivity index (χ3n) is 3.77. The number of nitrogens with zero attached hydrogens (tertiary/aromatic N) is 1. The molecule has 0 spiro atoms. The van der Waals surface area contributed by atoms with Crippen LogP contribution in [0.15, 0.2) is 18.2 Å². The number of anilines is 2. The van der Waals surface area contributed by atoms with Crippen LogP contribution >= 0.6 is 0 Å². The van der Waals surface area contributed by atoms with E-state index in [2.05, 4.69) is 10.6 Å². The van der Waals surface area contributed by atoms with E-state index in [-0.39, 0.29) is 17.7 Å². The van der Waals surface area contributed by atoms with E-state index < -0.39 is 0 Å². The average molecular weight is 289 g/mol. The molecule has 5 heteroatoms. The summed E-state index contributed by atoms with van der Waals surface area (Å²) < 4.78 is 0. The maximum Gasteiger partial charge on any atom is 0.228 e. The summed E-state index contributed by atoms with van der Waals surface area (Å²) in [5.74, 6) is -0.00552. The molecule has 1 aromatic rings. The third-order valence-corrected chi connectivity index (χ3v) is 3.77. The van der Waals surface area contributed by atoms with Gasteiger partial charge in [-0.05, 0) is 36.7 Å². The first-order chi connectivity index (χ1) is 10.0. The highest BCUT2D eigenvalue weighted by molar-refractivity contribution is 5.96. The van der Waals surface area contributed by atoms with E-state index in [0.29, 0.717) is 6.54 Å². The molecule has 0 radical (unpaired) electrons. The number of hydrogen-bond donors (Lipinski definition) is 2. The molecule has 2 rings (SSSR count). The summed E-state index contributed by atoms with van der Waals surface area (Å²) in [6.45, 7) is 7.75. The van der Waals surface area contributed by atoms with Crippen molar-refractivity contribution in [1.82, 2.24) is 5.32 Å². The number of benzene rings is 1. The summed E-state index contributed by atoms with van der Waals surface area (Å²) in [6.07, 6.45) is 0.839. The zero-order valence-electron chi connectivity index (χ0n) is 12.9. The first-order valence-corrected chi connectivity index (χ1v) is 7.45. The molecule has 1 heterocycles. The molecule has 0 aromatic heterocycles. The molecule has 0 aliphatic carbocycles. The van der Waals surface area contributed by atoms with Crippen molar-refractivity contribution in [3.63, 3.8) is 0 Å². The first kappa shape index (κ1) is 15.5. The molecule has 1 aliphatic rings. The molecule has 0 bridgehead atoms. The van der Waals surface area contributed by atoms with Crippen LogP contribution in [0.4, 0.5) is 11.4 Å².